The second-order valence-corrected chi connectivity index (χ2v) is 2.91. The van der Waals surface area contributed by atoms with Crippen LogP contribution in [0.25, 0.3) is 4.85 Å². The molecule has 0 aliphatic heterocycles. The zero-order chi connectivity index (χ0) is 10.4. The van der Waals surface area contributed by atoms with Gasteiger partial charge in [0.25, 0.3) is 5.91 Å². The highest BCUT2D eigenvalue weighted by molar-refractivity contribution is 5.94. The minimum absolute atomic E-state index is 0.0802. The van der Waals surface area contributed by atoms with E-state index in [1.165, 1.54) is 0 Å². The largest absolute Gasteiger partial charge is 0.352 e. The summed E-state index contributed by atoms with van der Waals surface area (Å²) in [5.41, 5.74) is 1.16. The summed E-state index contributed by atoms with van der Waals surface area (Å²) in [5, 5.41) is 2.77. The molecule has 0 saturated carbocycles. The quantitative estimate of drug-likeness (QED) is 0.726. The summed E-state index contributed by atoms with van der Waals surface area (Å²) in [5.74, 6) is -0.0802. The molecular formula is C11H12N2O. The maximum absolute atomic E-state index is 11.4. The van der Waals surface area contributed by atoms with Crippen LogP contribution in [-0.4, -0.2) is 12.5 Å². The fourth-order valence-electron chi connectivity index (χ4n) is 1.03. The average Bonchev–Trinajstić information content (AvgIpc) is 2.26. The van der Waals surface area contributed by atoms with Gasteiger partial charge >= 0.3 is 0 Å². The van der Waals surface area contributed by atoms with Crippen LogP contribution in [0.4, 0.5) is 5.69 Å². The van der Waals surface area contributed by atoms with Crippen LogP contribution in [0.1, 0.15) is 23.7 Å². The Balaban J connectivity index is 2.68. The van der Waals surface area contributed by atoms with Crippen LogP contribution in [-0.2, 0) is 0 Å². The molecule has 3 heteroatoms. The molecule has 0 heterocycles. The van der Waals surface area contributed by atoms with Crippen LogP contribution in [0.15, 0.2) is 24.3 Å². The highest BCUT2D eigenvalue weighted by Gasteiger charge is 2.02. The molecule has 0 fully saturated rings. The van der Waals surface area contributed by atoms with E-state index in [1.807, 2.05) is 6.92 Å². The van der Waals surface area contributed by atoms with Crippen molar-refractivity contribution < 1.29 is 4.79 Å². The molecule has 1 aromatic rings. The van der Waals surface area contributed by atoms with Gasteiger partial charge in [0.1, 0.15) is 0 Å². The van der Waals surface area contributed by atoms with Crippen molar-refractivity contribution in [2.75, 3.05) is 6.54 Å². The summed E-state index contributed by atoms with van der Waals surface area (Å²) in [7, 11) is 0. The zero-order valence-electron chi connectivity index (χ0n) is 8.08. The molecule has 3 nitrogen and oxygen atoms in total. The molecule has 1 aromatic carbocycles. The van der Waals surface area contributed by atoms with Gasteiger partial charge < -0.3 is 5.32 Å². The second kappa shape index (κ2) is 5.03. The topological polar surface area (TPSA) is 33.5 Å². The number of carbonyl (C=O) groups is 1. The van der Waals surface area contributed by atoms with Crippen LogP contribution in [0, 0.1) is 6.57 Å². The van der Waals surface area contributed by atoms with Crippen molar-refractivity contribution in [3.8, 4) is 0 Å². The number of nitrogens with one attached hydrogen (secondary N) is 1. The third kappa shape index (κ3) is 2.60. The fraction of sp³-hybridized carbons (Fsp3) is 0.273. The minimum Gasteiger partial charge on any atom is -0.352 e. The van der Waals surface area contributed by atoms with Gasteiger partial charge in [-0.1, -0.05) is 31.2 Å². The van der Waals surface area contributed by atoms with Crippen molar-refractivity contribution in [2.45, 2.75) is 13.3 Å². The van der Waals surface area contributed by atoms with Gasteiger partial charge in [-0.2, -0.15) is 0 Å². The molecule has 0 saturated heterocycles. The number of rotatable bonds is 3. The number of benzene rings is 1. The molecule has 0 unspecified atom stereocenters. The van der Waals surface area contributed by atoms with E-state index in [4.69, 9.17) is 6.57 Å². The van der Waals surface area contributed by atoms with Crippen molar-refractivity contribution in [1.82, 2.24) is 5.32 Å². The Kier molecular flexibility index (Phi) is 3.69. The Hall–Kier alpha value is -1.82. The van der Waals surface area contributed by atoms with E-state index < -0.39 is 0 Å². The van der Waals surface area contributed by atoms with Gasteiger partial charge in [-0.15, -0.1) is 0 Å². The lowest BCUT2D eigenvalue weighted by atomic mass is 10.2. The predicted octanol–water partition coefficient (Wildman–Crippen LogP) is 2.38. The van der Waals surface area contributed by atoms with Gasteiger partial charge in [-0.05, 0) is 6.42 Å². The number of nitrogens with zero attached hydrogens (tertiary/aromatic N) is 1. The van der Waals surface area contributed by atoms with Gasteiger partial charge in [0.2, 0.25) is 0 Å². The molecule has 1 amide bonds. The highest BCUT2D eigenvalue weighted by Crippen LogP contribution is 2.12. The first kappa shape index (κ1) is 10.3. The third-order valence-electron chi connectivity index (χ3n) is 1.79. The van der Waals surface area contributed by atoms with E-state index >= 15 is 0 Å². The highest BCUT2D eigenvalue weighted by atomic mass is 16.1. The number of hydrogen-bond acceptors (Lipinski definition) is 1. The van der Waals surface area contributed by atoms with Crippen LogP contribution in [0.2, 0.25) is 0 Å². The van der Waals surface area contributed by atoms with Crippen molar-refractivity contribution in [3.05, 3.63) is 41.2 Å². The first-order chi connectivity index (χ1) is 6.77. The Bertz CT molecular complexity index is 349. The molecule has 1 rings (SSSR count). The first-order valence-corrected chi connectivity index (χ1v) is 4.53. The van der Waals surface area contributed by atoms with E-state index in [2.05, 4.69) is 10.2 Å². The molecule has 0 aliphatic rings. The summed E-state index contributed by atoms with van der Waals surface area (Å²) in [6.45, 7) is 9.44. The molecule has 0 radical (unpaired) electrons. The Morgan fingerprint density at radius 1 is 1.43 bits per heavy atom. The summed E-state index contributed by atoms with van der Waals surface area (Å²) in [6, 6.07) is 6.62. The first-order valence-electron chi connectivity index (χ1n) is 4.53. The molecule has 0 aromatic heterocycles. The SMILES string of the molecule is [C-]#[N+]c1ccc(C(=O)NCCC)cc1. The lowest BCUT2D eigenvalue weighted by Crippen LogP contribution is -2.23. The van der Waals surface area contributed by atoms with E-state index in [9.17, 15) is 4.79 Å². The summed E-state index contributed by atoms with van der Waals surface area (Å²) >= 11 is 0. The molecular weight excluding hydrogens is 176 g/mol. The van der Waals surface area contributed by atoms with Crippen molar-refractivity contribution in [1.29, 1.82) is 0 Å². The lowest BCUT2D eigenvalue weighted by Gasteiger charge is -2.02. The van der Waals surface area contributed by atoms with Crippen LogP contribution in [0.5, 0.6) is 0 Å². The summed E-state index contributed by atoms with van der Waals surface area (Å²) in [6.07, 6.45) is 0.922. The normalized spacial score (nSPS) is 9.14. The van der Waals surface area contributed by atoms with Gasteiger partial charge in [-0.25, -0.2) is 4.85 Å². The maximum atomic E-state index is 11.4. The zero-order valence-corrected chi connectivity index (χ0v) is 8.08. The van der Waals surface area contributed by atoms with Crippen LogP contribution >= 0.6 is 0 Å². The van der Waals surface area contributed by atoms with E-state index in [1.54, 1.807) is 24.3 Å². The van der Waals surface area contributed by atoms with E-state index in [0.29, 0.717) is 17.8 Å². The summed E-state index contributed by atoms with van der Waals surface area (Å²) in [4.78, 5) is 14.7. The number of amides is 1. The molecule has 0 bridgehead atoms. The van der Waals surface area contributed by atoms with Gasteiger partial charge in [0.05, 0.1) is 6.57 Å². The minimum atomic E-state index is -0.0802. The number of carbonyl (C=O) groups excluding carboxylic acids is 1. The maximum Gasteiger partial charge on any atom is 0.251 e. The molecule has 72 valence electrons. The second-order valence-electron chi connectivity index (χ2n) is 2.91. The Morgan fingerprint density at radius 3 is 2.57 bits per heavy atom. The molecule has 14 heavy (non-hydrogen) atoms. The van der Waals surface area contributed by atoms with Crippen molar-refractivity contribution >= 4 is 11.6 Å². The molecule has 1 N–H and O–H groups in total. The smallest absolute Gasteiger partial charge is 0.251 e. The predicted molar refractivity (Wildman–Crippen MR) is 55.3 cm³/mol. The van der Waals surface area contributed by atoms with Crippen molar-refractivity contribution in [3.63, 3.8) is 0 Å². The Morgan fingerprint density at radius 2 is 2.07 bits per heavy atom. The van der Waals surface area contributed by atoms with E-state index in [0.717, 1.165) is 6.42 Å². The van der Waals surface area contributed by atoms with Crippen LogP contribution in [0.3, 0.4) is 0 Å². The average molecular weight is 188 g/mol. The van der Waals surface area contributed by atoms with Gasteiger partial charge in [0.15, 0.2) is 5.69 Å². The van der Waals surface area contributed by atoms with Crippen molar-refractivity contribution in [2.24, 2.45) is 0 Å². The molecule has 0 aliphatic carbocycles. The lowest BCUT2D eigenvalue weighted by molar-refractivity contribution is 0.0953. The molecule has 0 spiro atoms. The van der Waals surface area contributed by atoms with Crippen LogP contribution < -0.4 is 5.32 Å². The van der Waals surface area contributed by atoms with E-state index in [-0.39, 0.29) is 5.91 Å². The Labute approximate surface area is 83.6 Å². The molecule has 0 atom stereocenters. The standard InChI is InChI=1S/C11H12N2O/c1-3-8-13-11(14)9-4-6-10(12-2)7-5-9/h4-7H,3,8H2,1H3,(H,13,14). The third-order valence-corrected chi connectivity index (χ3v) is 1.79. The summed E-state index contributed by atoms with van der Waals surface area (Å²) < 4.78 is 0. The number of hydrogen-bond donors (Lipinski definition) is 1. The fourth-order valence-corrected chi connectivity index (χ4v) is 1.03. The van der Waals surface area contributed by atoms with Gasteiger partial charge in [-0.3, -0.25) is 4.79 Å². The van der Waals surface area contributed by atoms with Gasteiger partial charge in [0, 0.05) is 12.1 Å². The monoisotopic (exact) mass is 188 g/mol.